The predicted octanol–water partition coefficient (Wildman–Crippen LogP) is 3.76. The van der Waals surface area contributed by atoms with Crippen molar-refractivity contribution in [3.05, 3.63) is 11.8 Å². The van der Waals surface area contributed by atoms with Crippen molar-refractivity contribution < 1.29 is 38.6 Å². The van der Waals surface area contributed by atoms with E-state index in [0.717, 1.165) is 0 Å². The number of oxime groups is 1. The second kappa shape index (κ2) is 11.0. The Labute approximate surface area is 208 Å². The zero-order chi connectivity index (χ0) is 27.4. The molecule has 1 fully saturated rings. The van der Waals surface area contributed by atoms with Crippen LogP contribution >= 0.6 is 0 Å². The summed E-state index contributed by atoms with van der Waals surface area (Å²) in [5.74, 6) is -4.15. The zero-order valence-corrected chi connectivity index (χ0v) is 23.3. The lowest BCUT2D eigenvalue weighted by Gasteiger charge is -2.39. The SMILES string of the molecule is CN(C(=O)OC(C)(C)C)[C@@]1(/C(N)=N/O/C(=C\C(=O)O)C(=O)O)CC[C@H](CO[Si](C)(C)C(C)(C)C)C1. The molecule has 0 radical (unpaired) electrons. The maximum absolute atomic E-state index is 12.9. The molecule has 0 saturated heterocycles. The van der Waals surface area contributed by atoms with Gasteiger partial charge in [0.1, 0.15) is 11.1 Å². The van der Waals surface area contributed by atoms with E-state index in [2.05, 4.69) is 39.0 Å². The van der Waals surface area contributed by atoms with Crippen molar-refractivity contribution in [2.45, 2.75) is 90.1 Å². The van der Waals surface area contributed by atoms with Gasteiger partial charge in [-0.1, -0.05) is 25.9 Å². The molecule has 2 atom stereocenters. The predicted molar refractivity (Wildman–Crippen MR) is 133 cm³/mol. The number of amides is 1. The number of hydrogen-bond acceptors (Lipinski definition) is 7. The maximum Gasteiger partial charge on any atom is 0.410 e. The van der Waals surface area contributed by atoms with Gasteiger partial charge in [0.25, 0.3) is 0 Å². The van der Waals surface area contributed by atoms with Crippen molar-refractivity contribution in [3.63, 3.8) is 0 Å². The highest BCUT2D eigenvalue weighted by atomic mass is 28.4. The van der Waals surface area contributed by atoms with Gasteiger partial charge < -0.3 is 29.9 Å². The molecule has 0 heterocycles. The highest BCUT2D eigenvalue weighted by molar-refractivity contribution is 6.74. The molecule has 0 aromatic carbocycles. The number of hydrogen-bond donors (Lipinski definition) is 3. The molecule has 0 unspecified atom stereocenters. The largest absolute Gasteiger partial charge is 0.478 e. The topological polar surface area (TPSA) is 161 Å². The summed E-state index contributed by atoms with van der Waals surface area (Å²) in [6.45, 7) is 16.5. The molecule has 35 heavy (non-hydrogen) atoms. The van der Waals surface area contributed by atoms with Crippen molar-refractivity contribution >= 4 is 32.2 Å². The molecule has 0 aliphatic heterocycles. The Hall–Kier alpha value is -2.60. The van der Waals surface area contributed by atoms with Gasteiger partial charge in [0.05, 0.1) is 6.08 Å². The van der Waals surface area contributed by atoms with Crippen LogP contribution in [0.25, 0.3) is 0 Å². The quantitative estimate of drug-likeness (QED) is 0.104. The number of rotatable bonds is 9. The summed E-state index contributed by atoms with van der Waals surface area (Å²) in [6.07, 6.45) is 1.22. The minimum Gasteiger partial charge on any atom is -0.478 e. The van der Waals surface area contributed by atoms with Crippen LogP contribution in [0.2, 0.25) is 18.1 Å². The maximum atomic E-state index is 12.9. The molecule has 4 N–H and O–H groups in total. The van der Waals surface area contributed by atoms with Crippen LogP contribution in [0.3, 0.4) is 0 Å². The molecule has 11 nitrogen and oxygen atoms in total. The Bertz CT molecular complexity index is 873. The lowest BCUT2D eigenvalue weighted by Crippen LogP contribution is -2.57. The number of nitrogens with zero attached hydrogens (tertiary/aromatic N) is 2. The van der Waals surface area contributed by atoms with Crippen LogP contribution in [0.4, 0.5) is 4.79 Å². The Morgan fingerprint density at radius 2 is 1.74 bits per heavy atom. The third-order valence-corrected chi connectivity index (χ3v) is 11.1. The molecule has 1 aliphatic rings. The van der Waals surface area contributed by atoms with Gasteiger partial charge in [-0.15, -0.1) is 0 Å². The summed E-state index contributed by atoms with van der Waals surface area (Å²) in [6, 6.07) is 0. The second-order valence-electron chi connectivity index (χ2n) is 11.5. The number of ether oxygens (including phenoxy) is 1. The van der Waals surface area contributed by atoms with E-state index >= 15 is 0 Å². The van der Waals surface area contributed by atoms with E-state index in [4.69, 9.17) is 24.8 Å². The molecule has 1 rings (SSSR count). The van der Waals surface area contributed by atoms with Crippen molar-refractivity contribution in [1.82, 2.24) is 4.90 Å². The molecule has 200 valence electrons. The van der Waals surface area contributed by atoms with E-state index < -0.39 is 43.2 Å². The van der Waals surface area contributed by atoms with Gasteiger partial charge in [0, 0.05) is 13.7 Å². The fourth-order valence-corrected chi connectivity index (χ4v) is 4.53. The Balaban J connectivity index is 3.27. The first kappa shape index (κ1) is 30.4. The minimum absolute atomic E-state index is 0.0357. The smallest absolute Gasteiger partial charge is 0.410 e. The Morgan fingerprint density at radius 1 is 1.17 bits per heavy atom. The van der Waals surface area contributed by atoms with Gasteiger partial charge in [-0.3, -0.25) is 4.90 Å². The fraction of sp³-hybridized carbons (Fsp3) is 0.739. The molecule has 1 aliphatic carbocycles. The molecular weight excluding hydrogens is 474 g/mol. The molecule has 0 aromatic rings. The number of aliphatic carboxylic acids is 2. The molecule has 1 saturated carbocycles. The average molecular weight is 516 g/mol. The van der Waals surface area contributed by atoms with Gasteiger partial charge in [-0.2, -0.15) is 0 Å². The van der Waals surface area contributed by atoms with Gasteiger partial charge >= 0.3 is 18.0 Å². The van der Waals surface area contributed by atoms with E-state index in [1.54, 1.807) is 27.8 Å². The highest BCUT2D eigenvalue weighted by Gasteiger charge is 2.50. The third-order valence-electron chi connectivity index (χ3n) is 6.57. The van der Waals surface area contributed by atoms with Crippen LogP contribution in [0.1, 0.15) is 60.8 Å². The van der Waals surface area contributed by atoms with Crippen LogP contribution in [0.15, 0.2) is 17.0 Å². The van der Waals surface area contributed by atoms with E-state index in [1.807, 2.05) is 0 Å². The summed E-state index contributed by atoms with van der Waals surface area (Å²) >= 11 is 0. The lowest BCUT2D eigenvalue weighted by molar-refractivity contribution is -0.138. The summed E-state index contributed by atoms with van der Waals surface area (Å²) < 4.78 is 11.9. The highest BCUT2D eigenvalue weighted by Crippen LogP contribution is 2.42. The Kier molecular flexibility index (Phi) is 9.55. The zero-order valence-electron chi connectivity index (χ0n) is 22.3. The number of amidine groups is 1. The minimum atomic E-state index is -2.00. The molecular formula is C23H41N3O8Si. The van der Waals surface area contributed by atoms with Gasteiger partial charge in [0.15, 0.2) is 14.2 Å². The number of carbonyl (C=O) groups is 3. The van der Waals surface area contributed by atoms with Gasteiger partial charge in [-0.05, 0) is 64.1 Å². The van der Waals surface area contributed by atoms with Crippen molar-refractivity contribution in [3.8, 4) is 0 Å². The van der Waals surface area contributed by atoms with Crippen molar-refractivity contribution in [1.29, 1.82) is 0 Å². The van der Waals surface area contributed by atoms with Crippen LogP contribution in [-0.4, -0.2) is 72.1 Å². The molecule has 0 bridgehead atoms. The first-order valence-corrected chi connectivity index (χ1v) is 14.4. The average Bonchev–Trinajstić information content (AvgIpc) is 3.11. The van der Waals surface area contributed by atoms with Crippen molar-refractivity contribution in [2.75, 3.05) is 13.7 Å². The number of carbonyl (C=O) groups excluding carboxylic acids is 1. The fourth-order valence-electron chi connectivity index (χ4n) is 3.45. The molecule has 1 amide bonds. The van der Waals surface area contributed by atoms with E-state index in [9.17, 15) is 19.5 Å². The van der Waals surface area contributed by atoms with Crippen molar-refractivity contribution in [2.24, 2.45) is 16.8 Å². The summed E-state index contributed by atoms with van der Waals surface area (Å²) in [7, 11) is -0.465. The summed E-state index contributed by atoms with van der Waals surface area (Å²) in [5, 5.41) is 21.8. The first-order chi connectivity index (χ1) is 15.7. The molecule has 0 aromatic heterocycles. The van der Waals surface area contributed by atoms with Crippen LogP contribution in [0.5, 0.6) is 0 Å². The third kappa shape index (κ3) is 8.24. The first-order valence-electron chi connectivity index (χ1n) is 11.5. The summed E-state index contributed by atoms with van der Waals surface area (Å²) in [4.78, 5) is 41.4. The number of nitrogens with two attached hydrogens (primary N) is 1. The van der Waals surface area contributed by atoms with Crippen LogP contribution in [-0.2, 0) is 23.6 Å². The normalized spacial score (nSPS) is 22.0. The van der Waals surface area contributed by atoms with E-state index in [0.29, 0.717) is 31.9 Å². The van der Waals surface area contributed by atoms with E-state index in [1.165, 1.54) is 4.90 Å². The van der Waals surface area contributed by atoms with Gasteiger partial charge in [0.2, 0.25) is 5.76 Å². The monoisotopic (exact) mass is 515 g/mol. The Morgan fingerprint density at radius 3 is 2.20 bits per heavy atom. The second-order valence-corrected chi connectivity index (χ2v) is 16.3. The molecule has 12 heteroatoms. The number of carboxylic acids is 2. The standard InChI is InChI=1S/C23H41N3O8Si/c1-21(2,3)33-20(31)26(7)23(19(24)25-34-16(18(29)30)12-17(27)28)11-10-15(13-23)14-32-35(8,9)22(4,5)6/h12,15H,10-11,13-14H2,1-9H3,(H2,24,25)(H,27,28)(H,29,30)/b16-12-/t15-,23-/m0/s1. The summed E-state index contributed by atoms with van der Waals surface area (Å²) in [5.41, 5.74) is 4.41. The number of likely N-dealkylation sites (N-methyl/N-ethyl adjacent to an activating group) is 1. The van der Waals surface area contributed by atoms with Crippen LogP contribution < -0.4 is 5.73 Å². The van der Waals surface area contributed by atoms with Crippen LogP contribution in [0, 0.1) is 5.92 Å². The number of carboxylic acid groups (broad SMARTS) is 2. The molecule has 0 spiro atoms. The van der Waals surface area contributed by atoms with Gasteiger partial charge in [-0.25, -0.2) is 14.4 Å². The lowest BCUT2D eigenvalue weighted by atomic mass is 9.93. The van der Waals surface area contributed by atoms with E-state index in [-0.39, 0.29) is 16.8 Å².